The van der Waals surface area contributed by atoms with Gasteiger partial charge in [-0.15, -0.1) is 0 Å². The first-order valence-corrected chi connectivity index (χ1v) is 8.53. The zero-order chi connectivity index (χ0) is 19.6. The average molecular weight is 366 g/mol. The Labute approximate surface area is 157 Å². The van der Waals surface area contributed by atoms with Crippen molar-refractivity contribution in [1.29, 1.82) is 0 Å². The second-order valence-electron chi connectivity index (χ2n) is 6.05. The number of nitrogen functional groups attached to an aromatic ring is 1. The number of nitrogens with zero attached hydrogens (tertiary/aromatic N) is 3. The van der Waals surface area contributed by atoms with E-state index in [-0.39, 0.29) is 5.91 Å². The van der Waals surface area contributed by atoms with E-state index in [4.69, 9.17) is 15.2 Å². The maximum atomic E-state index is 12.2. The molecule has 1 aromatic heterocycles. The first-order chi connectivity index (χ1) is 13.0. The Bertz CT molecular complexity index is 987. The van der Waals surface area contributed by atoms with Crippen LogP contribution in [0.1, 0.15) is 17.3 Å². The third kappa shape index (κ3) is 3.48. The molecule has 1 heterocycles. The number of aromatic nitrogens is 2. The van der Waals surface area contributed by atoms with Crippen LogP contribution in [0.5, 0.6) is 11.5 Å². The highest BCUT2D eigenvalue weighted by Gasteiger charge is 2.14. The van der Waals surface area contributed by atoms with Crippen LogP contribution < -0.4 is 15.2 Å². The van der Waals surface area contributed by atoms with Crippen LogP contribution in [0.15, 0.2) is 36.4 Å². The quantitative estimate of drug-likeness (QED) is 0.746. The van der Waals surface area contributed by atoms with E-state index in [1.807, 2.05) is 19.1 Å². The Balaban J connectivity index is 2.03. The fourth-order valence-corrected chi connectivity index (χ4v) is 2.73. The van der Waals surface area contributed by atoms with Crippen molar-refractivity contribution in [3.05, 3.63) is 42.0 Å². The van der Waals surface area contributed by atoms with Crippen LogP contribution in [0.4, 0.5) is 5.82 Å². The van der Waals surface area contributed by atoms with Crippen LogP contribution in [0.25, 0.3) is 22.3 Å². The van der Waals surface area contributed by atoms with Gasteiger partial charge in [0.1, 0.15) is 5.82 Å². The third-order valence-corrected chi connectivity index (χ3v) is 4.44. The van der Waals surface area contributed by atoms with Gasteiger partial charge in [0.2, 0.25) is 0 Å². The Hall–Kier alpha value is -3.35. The molecular weight excluding hydrogens is 344 g/mol. The summed E-state index contributed by atoms with van der Waals surface area (Å²) in [5, 5.41) is 0.688. The summed E-state index contributed by atoms with van der Waals surface area (Å²) in [5.41, 5.74) is 8.18. The summed E-state index contributed by atoms with van der Waals surface area (Å²) in [5.74, 6) is 1.94. The van der Waals surface area contributed by atoms with E-state index in [9.17, 15) is 4.79 Å². The Morgan fingerprint density at radius 1 is 1.07 bits per heavy atom. The van der Waals surface area contributed by atoms with Crippen LogP contribution in [0, 0.1) is 0 Å². The number of ether oxygens (including phenoxy) is 2. The number of hydrogen-bond acceptors (Lipinski definition) is 6. The van der Waals surface area contributed by atoms with Gasteiger partial charge in [-0.1, -0.05) is 12.1 Å². The average Bonchev–Trinajstić information content (AvgIpc) is 2.71. The second-order valence-corrected chi connectivity index (χ2v) is 6.05. The molecule has 7 heteroatoms. The highest BCUT2D eigenvalue weighted by Crippen LogP contribution is 2.34. The molecule has 0 bridgehead atoms. The van der Waals surface area contributed by atoms with E-state index in [1.54, 1.807) is 50.4 Å². The third-order valence-electron chi connectivity index (χ3n) is 4.44. The van der Waals surface area contributed by atoms with E-state index in [0.29, 0.717) is 46.2 Å². The number of fused-ring (bicyclic) bond motifs is 1. The summed E-state index contributed by atoms with van der Waals surface area (Å²) >= 11 is 0. The molecule has 0 unspecified atom stereocenters. The molecule has 1 amide bonds. The highest BCUT2D eigenvalue weighted by atomic mass is 16.5. The fourth-order valence-electron chi connectivity index (χ4n) is 2.73. The fraction of sp³-hybridized carbons (Fsp3) is 0.250. The molecule has 0 saturated carbocycles. The largest absolute Gasteiger partial charge is 0.493 e. The van der Waals surface area contributed by atoms with Gasteiger partial charge >= 0.3 is 0 Å². The smallest absolute Gasteiger partial charge is 0.253 e. The number of anilines is 1. The summed E-state index contributed by atoms with van der Waals surface area (Å²) in [6.45, 7) is 2.58. The maximum Gasteiger partial charge on any atom is 0.253 e. The van der Waals surface area contributed by atoms with Gasteiger partial charge in [-0.25, -0.2) is 9.97 Å². The predicted octanol–water partition coefficient (Wildman–Crippen LogP) is 2.99. The molecule has 3 rings (SSSR count). The van der Waals surface area contributed by atoms with Crippen molar-refractivity contribution < 1.29 is 14.3 Å². The van der Waals surface area contributed by atoms with E-state index in [1.165, 1.54) is 0 Å². The van der Waals surface area contributed by atoms with Crippen LogP contribution >= 0.6 is 0 Å². The monoisotopic (exact) mass is 366 g/mol. The lowest BCUT2D eigenvalue weighted by molar-refractivity contribution is 0.0802. The van der Waals surface area contributed by atoms with Crippen molar-refractivity contribution in [3.8, 4) is 22.9 Å². The lowest BCUT2D eigenvalue weighted by atomic mass is 10.1. The molecule has 2 N–H and O–H groups in total. The first kappa shape index (κ1) is 18.4. The van der Waals surface area contributed by atoms with Gasteiger partial charge in [0.05, 0.1) is 19.7 Å². The molecule has 0 spiro atoms. The Morgan fingerprint density at radius 3 is 2.30 bits per heavy atom. The van der Waals surface area contributed by atoms with E-state index >= 15 is 0 Å². The summed E-state index contributed by atoms with van der Waals surface area (Å²) in [7, 11) is 4.90. The topological polar surface area (TPSA) is 90.6 Å². The molecule has 140 valence electrons. The number of amides is 1. The van der Waals surface area contributed by atoms with Gasteiger partial charge in [0.25, 0.3) is 5.91 Å². The van der Waals surface area contributed by atoms with Crippen molar-refractivity contribution in [2.45, 2.75) is 6.92 Å². The summed E-state index contributed by atoms with van der Waals surface area (Å²) in [4.78, 5) is 22.9. The Kier molecular flexibility index (Phi) is 5.12. The molecule has 0 fully saturated rings. The lowest BCUT2D eigenvalue weighted by Crippen LogP contribution is -2.26. The van der Waals surface area contributed by atoms with Crippen LogP contribution in [0.2, 0.25) is 0 Å². The van der Waals surface area contributed by atoms with Gasteiger partial charge in [-0.3, -0.25) is 4.79 Å². The maximum absolute atomic E-state index is 12.2. The van der Waals surface area contributed by atoms with Gasteiger partial charge < -0.3 is 20.1 Å². The second kappa shape index (κ2) is 7.49. The molecular formula is C20H22N4O3. The summed E-state index contributed by atoms with van der Waals surface area (Å²) < 4.78 is 10.6. The minimum Gasteiger partial charge on any atom is -0.493 e. The van der Waals surface area contributed by atoms with Crippen molar-refractivity contribution in [2.24, 2.45) is 0 Å². The standard InChI is InChI=1S/C20H22N4O3/c1-5-24(2)20(25)13-8-6-12(7-9-13)19-22-15-11-17(27-4)16(26-3)10-14(15)18(21)23-19/h6-11H,5H2,1-4H3,(H2,21,22,23). The molecule has 0 saturated heterocycles. The highest BCUT2D eigenvalue weighted by molar-refractivity contribution is 5.95. The van der Waals surface area contributed by atoms with Gasteiger partial charge in [-0.2, -0.15) is 0 Å². The molecule has 0 aliphatic carbocycles. The molecule has 7 nitrogen and oxygen atoms in total. The Morgan fingerprint density at radius 2 is 1.70 bits per heavy atom. The number of methoxy groups -OCH3 is 2. The minimum absolute atomic E-state index is 0.0279. The van der Waals surface area contributed by atoms with Crippen molar-refractivity contribution in [1.82, 2.24) is 14.9 Å². The van der Waals surface area contributed by atoms with E-state index < -0.39 is 0 Å². The zero-order valence-electron chi connectivity index (χ0n) is 15.8. The SMILES string of the molecule is CCN(C)C(=O)c1ccc(-c2nc(N)c3cc(OC)c(OC)cc3n2)cc1. The molecule has 0 atom stereocenters. The van der Waals surface area contributed by atoms with Crippen molar-refractivity contribution in [3.63, 3.8) is 0 Å². The molecule has 0 aliphatic heterocycles. The number of benzene rings is 2. The minimum atomic E-state index is -0.0279. The molecule has 0 aliphatic rings. The van der Waals surface area contributed by atoms with Crippen LogP contribution in [-0.4, -0.2) is 48.6 Å². The molecule has 27 heavy (non-hydrogen) atoms. The van der Waals surface area contributed by atoms with E-state index in [0.717, 1.165) is 5.56 Å². The first-order valence-electron chi connectivity index (χ1n) is 8.53. The van der Waals surface area contributed by atoms with Crippen molar-refractivity contribution in [2.75, 3.05) is 33.5 Å². The lowest BCUT2D eigenvalue weighted by Gasteiger charge is -2.14. The summed E-state index contributed by atoms with van der Waals surface area (Å²) in [6, 6.07) is 10.7. The van der Waals surface area contributed by atoms with Crippen LogP contribution in [0.3, 0.4) is 0 Å². The van der Waals surface area contributed by atoms with E-state index in [2.05, 4.69) is 9.97 Å². The van der Waals surface area contributed by atoms with Gasteiger partial charge in [-0.05, 0) is 25.1 Å². The van der Waals surface area contributed by atoms with Crippen LogP contribution in [-0.2, 0) is 0 Å². The number of rotatable bonds is 5. The molecule has 2 aromatic carbocycles. The zero-order valence-corrected chi connectivity index (χ0v) is 15.8. The molecule has 0 radical (unpaired) electrons. The van der Waals surface area contributed by atoms with Gasteiger partial charge in [0, 0.05) is 36.2 Å². The molecule has 3 aromatic rings. The predicted molar refractivity (Wildman–Crippen MR) is 105 cm³/mol. The van der Waals surface area contributed by atoms with Crippen molar-refractivity contribution >= 4 is 22.6 Å². The number of nitrogens with two attached hydrogens (primary N) is 1. The number of hydrogen-bond donors (Lipinski definition) is 1. The summed E-state index contributed by atoms with van der Waals surface area (Å²) in [6.07, 6.45) is 0. The number of carbonyl (C=O) groups is 1. The number of carbonyl (C=O) groups excluding carboxylic acids is 1. The normalized spacial score (nSPS) is 10.7. The van der Waals surface area contributed by atoms with Gasteiger partial charge in [0.15, 0.2) is 17.3 Å².